The number of nitro groups is 1. The summed E-state index contributed by atoms with van der Waals surface area (Å²) >= 11 is 0. The van der Waals surface area contributed by atoms with Gasteiger partial charge in [0.25, 0.3) is 5.69 Å². The summed E-state index contributed by atoms with van der Waals surface area (Å²) in [5.74, 6) is -2.88. The van der Waals surface area contributed by atoms with Crippen LogP contribution in [0.5, 0.6) is 5.75 Å². The van der Waals surface area contributed by atoms with Crippen LogP contribution in [0.2, 0.25) is 0 Å². The van der Waals surface area contributed by atoms with E-state index in [2.05, 4.69) is 0 Å². The molecule has 0 unspecified atom stereocenters. The number of Topliss-reactive ketones (excluding diaryl/α,β-unsaturated/α-hetero) is 3. The number of ether oxygens (including phenoxy) is 1. The smallest absolute Gasteiger partial charge is 0.308 e. The second kappa shape index (κ2) is 9.95. The fraction of sp³-hybridized carbons (Fsp3) is 0.143. The molecule has 7 rings (SSSR count). The molecule has 1 aliphatic carbocycles. The molecule has 0 N–H and O–H groups in total. The third-order valence-corrected chi connectivity index (χ3v) is 8.81. The van der Waals surface area contributed by atoms with Gasteiger partial charge in [0.15, 0.2) is 23.1 Å². The number of nitrogens with zero attached hydrogens (tertiary/aromatic N) is 2. The van der Waals surface area contributed by atoms with E-state index in [4.69, 9.17) is 4.74 Å². The van der Waals surface area contributed by atoms with Gasteiger partial charge in [-0.3, -0.25) is 29.3 Å². The van der Waals surface area contributed by atoms with Crippen LogP contribution in [0.3, 0.4) is 0 Å². The molecule has 1 saturated heterocycles. The molecule has 9 heteroatoms. The largest absolute Gasteiger partial charge is 0.424 e. The van der Waals surface area contributed by atoms with E-state index in [1.807, 2.05) is 0 Å². The summed E-state index contributed by atoms with van der Waals surface area (Å²) in [7, 11) is 0. The van der Waals surface area contributed by atoms with Gasteiger partial charge in [-0.1, -0.05) is 91.0 Å². The summed E-state index contributed by atoms with van der Waals surface area (Å²) in [6.07, 6.45) is 3.50. The second-order valence-electron chi connectivity index (χ2n) is 11.1. The molecule has 2 heterocycles. The Morgan fingerprint density at radius 3 is 2.18 bits per heavy atom. The van der Waals surface area contributed by atoms with E-state index < -0.39 is 45.9 Å². The number of carbonyl (C=O) groups is 4. The van der Waals surface area contributed by atoms with Crippen molar-refractivity contribution in [2.45, 2.75) is 24.9 Å². The molecule has 4 aromatic rings. The van der Waals surface area contributed by atoms with Crippen LogP contribution in [0, 0.1) is 15.5 Å². The summed E-state index contributed by atoms with van der Waals surface area (Å²) < 4.78 is 5.63. The molecule has 1 spiro atoms. The van der Waals surface area contributed by atoms with Gasteiger partial charge in [-0.25, -0.2) is 0 Å². The van der Waals surface area contributed by atoms with E-state index >= 15 is 0 Å². The van der Waals surface area contributed by atoms with Gasteiger partial charge in [0.2, 0.25) is 0 Å². The zero-order valence-electron chi connectivity index (χ0n) is 23.4. The molecule has 3 aliphatic rings. The second-order valence-corrected chi connectivity index (χ2v) is 11.1. The lowest BCUT2D eigenvalue weighted by atomic mass is 9.64. The Labute approximate surface area is 251 Å². The van der Waals surface area contributed by atoms with Gasteiger partial charge >= 0.3 is 5.97 Å². The number of benzene rings is 4. The first-order valence-electron chi connectivity index (χ1n) is 14.1. The van der Waals surface area contributed by atoms with Crippen LogP contribution in [-0.2, 0) is 4.79 Å². The maximum absolute atomic E-state index is 14.8. The fourth-order valence-corrected chi connectivity index (χ4v) is 7.20. The molecule has 2 aliphatic heterocycles. The predicted molar refractivity (Wildman–Crippen MR) is 161 cm³/mol. The highest BCUT2D eigenvalue weighted by Gasteiger charge is 2.71. The van der Waals surface area contributed by atoms with Crippen molar-refractivity contribution in [3.05, 3.63) is 141 Å². The van der Waals surface area contributed by atoms with Crippen LogP contribution in [0.1, 0.15) is 55.0 Å². The lowest BCUT2D eigenvalue weighted by molar-refractivity contribution is -0.384. The van der Waals surface area contributed by atoms with Gasteiger partial charge in [0.1, 0.15) is 11.5 Å². The van der Waals surface area contributed by atoms with Crippen LogP contribution in [0.25, 0.3) is 6.08 Å². The minimum atomic E-state index is -1.86. The van der Waals surface area contributed by atoms with Gasteiger partial charge in [-0.05, 0) is 11.6 Å². The fourth-order valence-electron chi connectivity index (χ4n) is 7.20. The van der Waals surface area contributed by atoms with E-state index in [1.54, 1.807) is 95.9 Å². The normalized spacial score (nSPS) is 20.7. The molecule has 0 saturated carbocycles. The lowest BCUT2D eigenvalue weighted by Gasteiger charge is -2.37. The van der Waals surface area contributed by atoms with Crippen molar-refractivity contribution < 1.29 is 28.8 Å². The Hall–Kier alpha value is -5.70. The highest BCUT2D eigenvalue weighted by molar-refractivity contribution is 6.32. The average Bonchev–Trinajstić information content (AvgIpc) is 3.47. The van der Waals surface area contributed by atoms with Crippen molar-refractivity contribution in [2.24, 2.45) is 5.41 Å². The van der Waals surface area contributed by atoms with Gasteiger partial charge in [0.05, 0.1) is 16.7 Å². The SMILES string of the molecule is CC(=O)Oc1cccc2c1N1[C@@H](C=C2)C2(C(=O)c3ccccc3C2=O)[C@@H](c2cccc([N+](=O)[O-])c2)[C@@H]1C(=O)c1ccccc1. The third kappa shape index (κ3) is 3.72. The molecule has 0 bridgehead atoms. The maximum atomic E-state index is 14.8. The monoisotopic (exact) mass is 584 g/mol. The van der Waals surface area contributed by atoms with E-state index in [1.165, 1.54) is 25.1 Å². The van der Waals surface area contributed by atoms with E-state index in [0.717, 1.165) is 0 Å². The number of hydrogen-bond donors (Lipinski definition) is 0. The minimum absolute atomic E-state index is 0.167. The number of para-hydroxylation sites is 1. The third-order valence-electron chi connectivity index (χ3n) is 8.81. The van der Waals surface area contributed by atoms with Gasteiger partial charge in [-0.2, -0.15) is 0 Å². The van der Waals surface area contributed by atoms with E-state index in [9.17, 15) is 29.3 Å². The first-order valence-corrected chi connectivity index (χ1v) is 14.1. The number of ketones is 3. The van der Waals surface area contributed by atoms with Crippen LogP contribution in [0.4, 0.5) is 11.4 Å². The van der Waals surface area contributed by atoms with E-state index in [0.29, 0.717) is 22.4 Å². The zero-order valence-corrected chi connectivity index (χ0v) is 23.4. The van der Waals surface area contributed by atoms with Crippen molar-refractivity contribution in [3.63, 3.8) is 0 Å². The topological polar surface area (TPSA) is 124 Å². The van der Waals surface area contributed by atoms with Crippen LogP contribution in [0.15, 0.2) is 103 Å². The van der Waals surface area contributed by atoms with Crippen LogP contribution in [-0.4, -0.2) is 40.3 Å². The van der Waals surface area contributed by atoms with Crippen LogP contribution < -0.4 is 9.64 Å². The predicted octanol–water partition coefficient (Wildman–Crippen LogP) is 5.84. The van der Waals surface area contributed by atoms with Crippen molar-refractivity contribution >= 4 is 40.8 Å². The number of carbonyl (C=O) groups excluding carboxylic acids is 4. The Bertz CT molecular complexity index is 1910. The number of hydrogen-bond acceptors (Lipinski definition) is 8. The standard InChI is InChI=1S/C35H24N2O7/c1-20(38)44-27-16-8-11-21-17-18-28-35(33(40)25-14-5-6-15-26(25)34(35)41)29(23-12-7-13-24(19-23)37(42)43)31(36(28)30(21)27)32(39)22-9-3-2-4-10-22/h2-19,28-29,31H,1H3/t28-,29-,31+/m0/s1. The number of nitro benzene ring substituents is 1. The Morgan fingerprint density at radius 1 is 0.864 bits per heavy atom. The molecule has 4 aromatic carbocycles. The molecule has 44 heavy (non-hydrogen) atoms. The summed E-state index contributed by atoms with van der Waals surface area (Å²) in [5.41, 5.74) is 0.00890. The van der Waals surface area contributed by atoms with Crippen molar-refractivity contribution in [1.29, 1.82) is 0 Å². The zero-order chi connectivity index (χ0) is 30.7. The van der Waals surface area contributed by atoms with Crippen molar-refractivity contribution in [2.75, 3.05) is 4.90 Å². The summed E-state index contributed by atoms with van der Waals surface area (Å²) in [4.78, 5) is 69.6. The highest BCUT2D eigenvalue weighted by Crippen LogP contribution is 2.62. The number of fused-ring (bicyclic) bond motifs is 5. The summed E-state index contributed by atoms with van der Waals surface area (Å²) in [6.45, 7) is 1.26. The Morgan fingerprint density at radius 2 is 1.52 bits per heavy atom. The first-order chi connectivity index (χ1) is 21.2. The van der Waals surface area contributed by atoms with Crippen molar-refractivity contribution in [1.82, 2.24) is 0 Å². The number of esters is 1. The Kier molecular flexibility index (Phi) is 6.14. The van der Waals surface area contributed by atoms with Gasteiger partial charge in [0, 0.05) is 47.2 Å². The molecule has 3 atom stereocenters. The minimum Gasteiger partial charge on any atom is -0.424 e. The lowest BCUT2D eigenvalue weighted by Crippen LogP contribution is -2.48. The van der Waals surface area contributed by atoms with E-state index in [-0.39, 0.29) is 28.3 Å². The average molecular weight is 585 g/mol. The molecule has 0 amide bonds. The number of non-ortho nitro benzene ring substituents is 1. The summed E-state index contributed by atoms with van der Waals surface area (Å²) in [6, 6.07) is 23.7. The quantitative estimate of drug-likeness (QED) is 0.0716. The molecule has 0 aromatic heterocycles. The first kappa shape index (κ1) is 27.2. The molecular weight excluding hydrogens is 560 g/mol. The summed E-state index contributed by atoms with van der Waals surface area (Å²) in [5, 5.41) is 11.9. The maximum Gasteiger partial charge on any atom is 0.308 e. The van der Waals surface area contributed by atoms with Crippen molar-refractivity contribution in [3.8, 4) is 5.75 Å². The highest BCUT2D eigenvalue weighted by atomic mass is 16.6. The van der Waals surface area contributed by atoms with Gasteiger partial charge in [-0.15, -0.1) is 0 Å². The molecule has 1 fully saturated rings. The van der Waals surface area contributed by atoms with Crippen LogP contribution >= 0.6 is 0 Å². The molecule has 0 radical (unpaired) electrons. The number of anilines is 1. The van der Waals surface area contributed by atoms with Gasteiger partial charge < -0.3 is 9.64 Å². The number of rotatable bonds is 5. The Balaban J connectivity index is 1.58. The molecular formula is C35H24N2O7. The molecule has 9 nitrogen and oxygen atoms in total. The molecule has 216 valence electrons.